The molecule has 0 amide bonds. The lowest BCUT2D eigenvalue weighted by Crippen LogP contribution is -2.43. The third kappa shape index (κ3) is 3.07. The van der Waals surface area contributed by atoms with Crippen molar-refractivity contribution in [3.63, 3.8) is 0 Å². The summed E-state index contributed by atoms with van der Waals surface area (Å²) < 4.78 is 1.20. The van der Waals surface area contributed by atoms with Crippen molar-refractivity contribution in [1.29, 1.82) is 0 Å². The van der Waals surface area contributed by atoms with Crippen molar-refractivity contribution in [3.05, 3.63) is 26.4 Å². The van der Waals surface area contributed by atoms with E-state index in [1.165, 1.54) is 4.57 Å². The molecule has 0 aliphatic carbocycles. The second kappa shape index (κ2) is 6.26. The van der Waals surface area contributed by atoms with Crippen LogP contribution in [0, 0.1) is 0 Å². The topological polar surface area (TPSA) is 101 Å². The third-order valence-electron chi connectivity index (χ3n) is 4.12. The number of nitrogens with one attached hydrogen (secondary N) is 1. The van der Waals surface area contributed by atoms with Crippen LogP contribution in [0.5, 0.6) is 0 Å². The van der Waals surface area contributed by atoms with Crippen LogP contribution in [0.15, 0.2) is 9.59 Å². The Hall–Kier alpha value is -1.89. The van der Waals surface area contributed by atoms with E-state index in [1.54, 1.807) is 6.92 Å². The molecule has 1 aromatic heterocycles. The number of hydrogen-bond acceptors (Lipinski definition) is 5. The van der Waals surface area contributed by atoms with Crippen molar-refractivity contribution in [3.8, 4) is 0 Å². The highest BCUT2D eigenvalue weighted by Gasteiger charge is 2.25. The van der Waals surface area contributed by atoms with Crippen LogP contribution in [0.2, 0.25) is 0 Å². The number of nitrogens with zero attached hydrogens (tertiary/aromatic N) is 2. The van der Waals surface area contributed by atoms with Crippen molar-refractivity contribution in [2.24, 2.45) is 0 Å². The molecule has 1 fully saturated rings. The van der Waals surface area contributed by atoms with Gasteiger partial charge in [0.2, 0.25) is 0 Å². The number of nitrogen functional groups attached to an aromatic ring is 1. The number of Topliss-reactive ketones (excluding diaryl/α,β-unsaturated/α-hetero) is 1. The number of rotatable bonds is 4. The average molecular weight is 294 g/mol. The van der Waals surface area contributed by atoms with Gasteiger partial charge in [0.1, 0.15) is 11.4 Å². The van der Waals surface area contributed by atoms with E-state index in [9.17, 15) is 14.4 Å². The van der Waals surface area contributed by atoms with Crippen LogP contribution in [0.3, 0.4) is 0 Å². The van der Waals surface area contributed by atoms with Gasteiger partial charge in [-0.25, -0.2) is 4.79 Å². The van der Waals surface area contributed by atoms with Crippen LogP contribution in [-0.2, 0) is 6.54 Å². The molecule has 2 heterocycles. The molecule has 1 aliphatic rings. The largest absolute Gasteiger partial charge is 0.384 e. The summed E-state index contributed by atoms with van der Waals surface area (Å²) in [6.07, 6.45) is 3.26. The maximum atomic E-state index is 12.4. The average Bonchev–Trinajstić information content (AvgIpc) is 2.41. The Morgan fingerprint density at radius 3 is 2.71 bits per heavy atom. The molecule has 2 rings (SSSR count). The number of piperidine rings is 1. The number of hydrogen-bond donors (Lipinski definition) is 2. The number of aromatic amines is 1. The zero-order valence-electron chi connectivity index (χ0n) is 12.5. The lowest BCUT2D eigenvalue weighted by molar-refractivity contribution is 0.0859. The molecule has 21 heavy (non-hydrogen) atoms. The first kappa shape index (κ1) is 15.5. The predicted octanol–water partition coefficient (Wildman–Crippen LogP) is 0.196. The fraction of sp³-hybridized carbons (Fsp3) is 0.643. The minimum atomic E-state index is -0.697. The van der Waals surface area contributed by atoms with Gasteiger partial charge in [-0.2, -0.15) is 0 Å². The van der Waals surface area contributed by atoms with Crippen LogP contribution in [0.4, 0.5) is 5.82 Å². The van der Waals surface area contributed by atoms with E-state index in [0.717, 1.165) is 25.8 Å². The van der Waals surface area contributed by atoms with Crippen molar-refractivity contribution in [1.82, 2.24) is 14.5 Å². The Labute approximate surface area is 122 Å². The van der Waals surface area contributed by atoms with Gasteiger partial charge in [-0.15, -0.1) is 0 Å². The first-order chi connectivity index (χ1) is 9.95. The van der Waals surface area contributed by atoms with Gasteiger partial charge in [0.25, 0.3) is 5.56 Å². The summed E-state index contributed by atoms with van der Waals surface area (Å²) in [4.78, 5) is 40.2. The quantitative estimate of drug-likeness (QED) is 0.772. The molecule has 3 N–H and O–H groups in total. The smallest absolute Gasteiger partial charge is 0.329 e. The Morgan fingerprint density at radius 1 is 1.38 bits per heavy atom. The second-order valence-corrected chi connectivity index (χ2v) is 5.50. The summed E-state index contributed by atoms with van der Waals surface area (Å²) in [6, 6.07) is 0.320. The van der Waals surface area contributed by atoms with Gasteiger partial charge in [-0.05, 0) is 33.2 Å². The van der Waals surface area contributed by atoms with E-state index < -0.39 is 11.2 Å². The van der Waals surface area contributed by atoms with Gasteiger partial charge >= 0.3 is 5.69 Å². The number of carbonyl (C=O) groups is 1. The first-order valence-corrected chi connectivity index (χ1v) is 7.35. The van der Waals surface area contributed by atoms with Crippen LogP contribution in [-0.4, -0.2) is 39.4 Å². The summed E-state index contributed by atoms with van der Waals surface area (Å²) in [7, 11) is 0. The summed E-state index contributed by atoms with van der Waals surface area (Å²) >= 11 is 0. The second-order valence-electron chi connectivity index (χ2n) is 5.50. The normalized spacial score (nSPS) is 19.6. The number of anilines is 1. The molecule has 1 aliphatic heterocycles. The molecule has 7 heteroatoms. The molecular formula is C14H22N4O3. The molecule has 1 saturated heterocycles. The number of ketones is 1. The molecule has 116 valence electrons. The number of aromatic nitrogens is 2. The third-order valence-corrected chi connectivity index (χ3v) is 4.12. The fourth-order valence-electron chi connectivity index (χ4n) is 2.83. The first-order valence-electron chi connectivity index (χ1n) is 7.35. The number of H-pyrrole nitrogens is 1. The number of carbonyl (C=O) groups excluding carboxylic acids is 1. The van der Waals surface area contributed by atoms with Gasteiger partial charge in [0.05, 0.1) is 6.54 Å². The lowest BCUT2D eigenvalue weighted by Gasteiger charge is -2.32. The summed E-state index contributed by atoms with van der Waals surface area (Å²) in [5.41, 5.74) is 4.46. The van der Waals surface area contributed by atoms with Gasteiger partial charge in [-0.1, -0.05) is 6.42 Å². The molecule has 1 aromatic rings. The number of nitrogens with two attached hydrogens (primary N) is 1. The van der Waals surface area contributed by atoms with Crippen molar-refractivity contribution in [2.45, 2.75) is 45.7 Å². The number of likely N-dealkylation sites (tertiary alicyclic amines) is 1. The van der Waals surface area contributed by atoms with Gasteiger partial charge < -0.3 is 5.73 Å². The van der Waals surface area contributed by atoms with Gasteiger partial charge in [-0.3, -0.25) is 24.0 Å². The van der Waals surface area contributed by atoms with Gasteiger partial charge in [0.15, 0.2) is 5.78 Å². The molecule has 0 aromatic carbocycles. The van der Waals surface area contributed by atoms with Crippen molar-refractivity contribution in [2.75, 3.05) is 18.8 Å². The zero-order chi connectivity index (χ0) is 15.6. The van der Waals surface area contributed by atoms with Gasteiger partial charge in [0, 0.05) is 12.6 Å². The molecule has 0 bridgehead atoms. The molecule has 0 saturated carbocycles. The van der Waals surface area contributed by atoms with Crippen LogP contribution < -0.4 is 17.0 Å². The van der Waals surface area contributed by atoms with Crippen LogP contribution in [0.1, 0.15) is 43.5 Å². The van der Waals surface area contributed by atoms with Crippen LogP contribution in [0.25, 0.3) is 0 Å². The highest BCUT2D eigenvalue weighted by Crippen LogP contribution is 2.17. The minimum Gasteiger partial charge on any atom is -0.384 e. The van der Waals surface area contributed by atoms with E-state index in [2.05, 4.69) is 16.8 Å². The van der Waals surface area contributed by atoms with Crippen molar-refractivity contribution < 1.29 is 4.79 Å². The molecule has 0 spiro atoms. The Morgan fingerprint density at radius 2 is 2.10 bits per heavy atom. The van der Waals surface area contributed by atoms with E-state index in [4.69, 9.17) is 5.73 Å². The SMILES string of the molecule is CCn1c(N)c(C(=O)CN2CCCC[C@H]2C)c(=O)[nH]c1=O. The highest BCUT2D eigenvalue weighted by atomic mass is 16.2. The monoisotopic (exact) mass is 294 g/mol. The summed E-state index contributed by atoms with van der Waals surface area (Å²) in [5.74, 6) is -0.370. The van der Waals surface area contributed by atoms with Crippen molar-refractivity contribution >= 4 is 11.6 Å². The predicted molar refractivity (Wildman–Crippen MR) is 80.6 cm³/mol. The zero-order valence-corrected chi connectivity index (χ0v) is 12.5. The Bertz CT molecular complexity index is 647. The maximum Gasteiger partial charge on any atom is 0.329 e. The minimum absolute atomic E-state index is 0.0408. The highest BCUT2D eigenvalue weighted by molar-refractivity contribution is 6.01. The fourth-order valence-corrected chi connectivity index (χ4v) is 2.83. The molecule has 0 radical (unpaired) electrons. The van der Waals surface area contributed by atoms with E-state index in [-0.39, 0.29) is 23.7 Å². The molecular weight excluding hydrogens is 272 g/mol. The Balaban J connectivity index is 2.31. The van der Waals surface area contributed by atoms with E-state index >= 15 is 0 Å². The maximum absolute atomic E-state index is 12.4. The molecule has 7 nitrogen and oxygen atoms in total. The molecule has 1 atom stereocenters. The lowest BCUT2D eigenvalue weighted by atomic mass is 10.0. The van der Waals surface area contributed by atoms with E-state index in [0.29, 0.717) is 12.6 Å². The standard InChI is InChI=1S/C14H22N4O3/c1-3-18-12(15)11(13(20)16-14(18)21)10(19)8-17-7-5-4-6-9(17)2/h9H,3-8,15H2,1-2H3,(H,16,20,21)/t9-/m1/s1. The van der Waals surface area contributed by atoms with Crippen LogP contribution >= 0.6 is 0 Å². The summed E-state index contributed by atoms with van der Waals surface area (Å²) in [5, 5.41) is 0. The molecule has 0 unspecified atom stereocenters. The van der Waals surface area contributed by atoms with E-state index in [1.807, 2.05) is 0 Å². The Kier molecular flexibility index (Phi) is 4.62. The summed E-state index contributed by atoms with van der Waals surface area (Å²) in [6.45, 7) is 5.13.